The summed E-state index contributed by atoms with van der Waals surface area (Å²) in [6.45, 7) is 6.51. The van der Waals surface area contributed by atoms with Crippen LogP contribution in [0.2, 0.25) is 0 Å². The molecule has 0 heterocycles. The van der Waals surface area contributed by atoms with Crippen molar-refractivity contribution < 1.29 is 28.6 Å². The van der Waals surface area contributed by atoms with Crippen LogP contribution in [0.15, 0.2) is 72.9 Å². The second kappa shape index (κ2) is 61.4. The number of allylic oxidation sites excluding steroid dienone is 12. The number of unbranched alkanes of at least 4 members (excludes halogenated alkanes) is 34. The van der Waals surface area contributed by atoms with Crippen LogP contribution in [0.1, 0.15) is 316 Å². The first-order chi connectivity index (χ1) is 36.0. The van der Waals surface area contributed by atoms with Crippen molar-refractivity contribution in [1.82, 2.24) is 0 Å². The molecule has 1 unspecified atom stereocenters. The Morgan fingerprint density at radius 1 is 0.288 bits per heavy atom. The molecule has 73 heavy (non-hydrogen) atoms. The fourth-order valence-corrected chi connectivity index (χ4v) is 8.98. The third-order valence-corrected chi connectivity index (χ3v) is 13.7. The monoisotopic (exact) mass is 1020 g/mol. The van der Waals surface area contributed by atoms with Crippen molar-refractivity contribution in [2.45, 2.75) is 322 Å². The first-order valence-corrected chi connectivity index (χ1v) is 31.4. The molecule has 0 aliphatic rings. The quantitative estimate of drug-likeness (QED) is 0.0261. The van der Waals surface area contributed by atoms with Gasteiger partial charge >= 0.3 is 17.9 Å². The van der Waals surface area contributed by atoms with Crippen LogP contribution in [-0.4, -0.2) is 37.2 Å². The van der Waals surface area contributed by atoms with E-state index in [0.717, 1.165) is 109 Å². The van der Waals surface area contributed by atoms with Gasteiger partial charge in [0.2, 0.25) is 0 Å². The summed E-state index contributed by atoms with van der Waals surface area (Å²) >= 11 is 0. The highest BCUT2D eigenvalue weighted by Crippen LogP contribution is 2.17. The summed E-state index contributed by atoms with van der Waals surface area (Å²) in [6, 6.07) is 0. The lowest BCUT2D eigenvalue weighted by Crippen LogP contribution is -2.30. The van der Waals surface area contributed by atoms with Crippen LogP contribution in [0.5, 0.6) is 0 Å². The number of esters is 3. The Hall–Kier alpha value is -3.15. The van der Waals surface area contributed by atoms with Gasteiger partial charge in [-0.1, -0.05) is 286 Å². The maximum absolute atomic E-state index is 12.9. The fraction of sp³-hybridized carbons (Fsp3) is 0.776. The number of rotatable bonds is 57. The summed E-state index contributed by atoms with van der Waals surface area (Å²) in [7, 11) is 0. The molecule has 0 aliphatic carbocycles. The van der Waals surface area contributed by atoms with Gasteiger partial charge in [-0.05, 0) is 83.5 Å². The topological polar surface area (TPSA) is 78.9 Å². The molecule has 0 aromatic carbocycles. The fourth-order valence-electron chi connectivity index (χ4n) is 8.98. The molecule has 0 saturated heterocycles. The van der Waals surface area contributed by atoms with Crippen molar-refractivity contribution in [3.63, 3.8) is 0 Å². The summed E-state index contributed by atoms with van der Waals surface area (Å²) in [4.78, 5) is 38.3. The zero-order valence-corrected chi connectivity index (χ0v) is 48.4. The molecule has 0 saturated carbocycles. The smallest absolute Gasteiger partial charge is 0.306 e. The number of ether oxygens (including phenoxy) is 3. The van der Waals surface area contributed by atoms with Gasteiger partial charge in [-0.15, -0.1) is 0 Å². The molecule has 0 fully saturated rings. The van der Waals surface area contributed by atoms with Crippen molar-refractivity contribution in [3.8, 4) is 0 Å². The summed E-state index contributed by atoms with van der Waals surface area (Å²) < 4.78 is 16.9. The largest absolute Gasteiger partial charge is 0.462 e. The predicted molar refractivity (Wildman–Crippen MR) is 316 cm³/mol. The zero-order valence-electron chi connectivity index (χ0n) is 48.4. The molecule has 0 radical (unpaired) electrons. The van der Waals surface area contributed by atoms with E-state index in [-0.39, 0.29) is 31.1 Å². The second-order valence-electron chi connectivity index (χ2n) is 20.9. The van der Waals surface area contributed by atoms with E-state index in [1.54, 1.807) is 0 Å². The lowest BCUT2D eigenvalue weighted by atomic mass is 10.0. The Morgan fingerprint density at radius 2 is 0.548 bits per heavy atom. The van der Waals surface area contributed by atoms with Crippen molar-refractivity contribution in [1.29, 1.82) is 0 Å². The second-order valence-corrected chi connectivity index (χ2v) is 20.9. The van der Waals surface area contributed by atoms with Gasteiger partial charge in [0.15, 0.2) is 6.10 Å². The number of hydrogen-bond acceptors (Lipinski definition) is 6. The van der Waals surface area contributed by atoms with Crippen LogP contribution < -0.4 is 0 Å². The van der Waals surface area contributed by atoms with Crippen LogP contribution >= 0.6 is 0 Å². The molecule has 6 nitrogen and oxygen atoms in total. The molecule has 1 atom stereocenters. The Balaban J connectivity index is 4.35. The van der Waals surface area contributed by atoms with E-state index in [4.69, 9.17) is 14.2 Å². The summed E-state index contributed by atoms with van der Waals surface area (Å²) in [5.74, 6) is -0.887. The van der Waals surface area contributed by atoms with E-state index in [1.807, 2.05) is 0 Å². The molecule has 0 bridgehead atoms. The zero-order chi connectivity index (χ0) is 52.9. The van der Waals surface area contributed by atoms with Gasteiger partial charge in [0.1, 0.15) is 13.2 Å². The van der Waals surface area contributed by atoms with Crippen molar-refractivity contribution >= 4 is 17.9 Å². The molecule has 0 aliphatic heterocycles. The van der Waals surface area contributed by atoms with Gasteiger partial charge < -0.3 is 14.2 Å². The van der Waals surface area contributed by atoms with E-state index in [2.05, 4.69) is 93.7 Å². The van der Waals surface area contributed by atoms with Gasteiger partial charge in [0.05, 0.1) is 0 Å². The highest BCUT2D eigenvalue weighted by atomic mass is 16.6. The average molecular weight is 1020 g/mol. The first-order valence-electron chi connectivity index (χ1n) is 31.4. The number of hydrogen-bond donors (Lipinski definition) is 0. The van der Waals surface area contributed by atoms with E-state index >= 15 is 0 Å². The molecule has 422 valence electrons. The molecule has 6 heteroatoms. The Labute approximate surface area is 453 Å². The average Bonchev–Trinajstić information content (AvgIpc) is 3.39. The normalized spacial score (nSPS) is 12.5. The van der Waals surface area contributed by atoms with Crippen LogP contribution in [0, 0.1) is 0 Å². The van der Waals surface area contributed by atoms with Crippen molar-refractivity contribution in [2.24, 2.45) is 0 Å². The molecule has 0 aromatic rings. The Bertz CT molecular complexity index is 1360. The highest BCUT2D eigenvalue weighted by Gasteiger charge is 2.19. The van der Waals surface area contributed by atoms with Crippen molar-refractivity contribution in [3.05, 3.63) is 72.9 Å². The standard InChI is InChI=1S/C67H118O6/c1-4-7-10-13-16-19-22-25-28-30-32-34-36-37-39-42-45-48-51-54-57-60-66(69)72-63-64(62-71-65(68)59-56-53-50-47-44-41-27-24-21-18-15-12-9-6-3)73-67(70)61-58-55-52-49-46-43-40-38-35-33-31-29-26-23-20-17-14-11-8-5-2/h7,10,15-16,18-19,24-25,27-28,32,34,64H,4-6,8-9,11-14,17,20-23,26,29-31,33,35-63H2,1-3H3/b10-7-,18-15-,19-16-,27-24-,28-25-,34-32-. The Morgan fingerprint density at radius 3 is 0.877 bits per heavy atom. The predicted octanol–water partition coefficient (Wildman–Crippen LogP) is 21.3. The highest BCUT2D eigenvalue weighted by molar-refractivity contribution is 5.71. The van der Waals surface area contributed by atoms with Crippen LogP contribution in [-0.2, 0) is 28.6 Å². The minimum atomic E-state index is -0.784. The van der Waals surface area contributed by atoms with Crippen LogP contribution in [0.3, 0.4) is 0 Å². The third kappa shape index (κ3) is 59.6. The maximum Gasteiger partial charge on any atom is 0.306 e. The SMILES string of the molecule is CC/C=C\C/C=C\C/C=C\C/C=C\CCCCCCCCCCC(=O)OCC(COC(=O)CCCCCCC/C=C\C/C=C\CCCC)OC(=O)CCCCCCCCCCCCCCCCCCCCCC. The Kier molecular flexibility index (Phi) is 58.7. The molecule has 0 spiro atoms. The van der Waals surface area contributed by atoms with Gasteiger partial charge in [0.25, 0.3) is 0 Å². The number of carbonyl (C=O) groups is 3. The molecule has 0 amide bonds. The van der Waals surface area contributed by atoms with Gasteiger partial charge in [-0.3, -0.25) is 14.4 Å². The molecular weight excluding hydrogens is 901 g/mol. The molecular formula is C67H118O6. The maximum atomic E-state index is 12.9. The van der Waals surface area contributed by atoms with Gasteiger partial charge in [-0.2, -0.15) is 0 Å². The summed E-state index contributed by atoms with van der Waals surface area (Å²) in [6.07, 6.45) is 79.0. The molecule has 0 rings (SSSR count). The van der Waals surface area contributed by atoms with E-state index in [0.29, 0.717) is 19.3 Å². The lowest BCUT2D eigenvalue weighted by Gasteiger charge is -2.18. The van der Waals surface area contributed by atoms with Crippen molar-refractivity contribution in [2.75, 3.05) is 13.2 Å². The van der Waals surface area contributed by atoms with Crippen LogP contribution in [0.4, 0.5) is 0 Å². The first kappa shape index (κ1) is 69.8. The minimum Gasteiger partial charge on any atom is -0.462 e. The molecule has 0 aromatic heterocycles. The minimum absolute atomic E-state index is 0.0817. The summed E-state index contributed by atoms with van der Waals surface area (Å²) in [5.41, 5.74) is 0. The van der Waals surface area contributed by atoms with E-state index < -0.39 is 6.10 Å². The van der Waals surface area contributed by atoms with Gasteiger partial charge in [0, 0.05) is 19.3 Å². The number of carbonyl (C=O) groups excluding carboxylic acids is 3. The molecule has 0 N–H and O–H groups in total. The third-order valence-electron chi connectivity index (χ3n) is 13.7. The van der Waals surface area contributed by atoms with Gasteiger partial charge in [-0.25, -0.2) is 0 Å². The van der Waals surface area contributed by atoms with Crippen LogP contribution in [0.25, 0.3) is 0 Å². The van der Waals surface area contributed by atoms with E-state index in [1.165, 1.54) is 167 Å². The summed E-state index contributed by atoms with van der Waals surface area (Å²) in [5, 5.41) is 0. The van der Waals surface area contributed by atoms with E-state index in [9.17, 15) is 14.4 Å². The lowest BCUT2D eigenvalue weighted by molar-refractivity contribution is -0.167.